The van der Waals surface area contributed by atoms with Crippen molar-refractivity contribution in [1.29, 1.82) is 0 Å². The van der Waals surface area contributed by atoms with Crippen LogP contribution in [0.1, 0.15) is 31.7 Å². The van der Waals surface area contributed by atoms with Crippen molar-refractivity contribution in [3.05, 3.63) is 29.8 Å². The molecular weight excluding hydrogens is 530 g/mol. The van der Waals surface area contributed by atoms with Gasteiger partial charge in [-0.3, -0.25) is 19.4 Å². The van der Waals surface area contributed by atoms with Crippen molar-refractivity contribution in [2.75, 3.05) is 18.6 Å². The normalized spacial score (nSPS) is 14.7. The fourth-order valence-corrected chi connectivity index (χ4v) is 3.91. The number of phenolic OH excluding ortho intramolecular Hbond substituents is 1. The molecular formula is C24H39N7O7S. The number of aliphatic hydroxyl groups is 1. The maximum Gasteiger partial charge on any atom is 0.326 e. The Labute approximate surface area is 231 Å². The highest BCUT2D eigenvalue weighted by molar-refractivity contribution is 7.98. The molecule has 0 aliphatic heterocycles. The number of aromatic hydroxyl groups is 1. The van der Waals surface area contributed by atoms with E-state index >= 15 is 0 Å². The van der Waals surface area contributed by atoms with Crippen LogP contribution in [0.5, 0.6) is 5.75 Å². The fraction of sp³-hybridized carbons (Fsp3) is 0.542. The summed E-state index contributed by atoms with van der Waals surface area (Å²) in [6, 6.07) is 1.31. The maximum absolute atomic E-state index is 13.1. The van der Waals surface area contributed by atoms with Gasteiger partial charge in [0.2, 0.25) is 17.7 Å². The van der Waals surface area contributed by atoms with E-state index in [0.29, 0.717) is 11.3 Å². The number of carboxylic acids is 1. The van der Waals surface area contributed by atoms with E-state index in [1.165, 1.54) is 30.8 Å². The summed E-state index contributed by atoms with van der Waals surface area (Å²) in [6.07, 6.45) is 1.07. The minimum Gasteiger partial charge on any atom is -0.508 e. The van der Waals surface area contributed by atoms with Gasteiger partial charge in [-0.1, -0.05) is 12.1 Å². The van der Waals surface area contributed by atoms with E-state index in [2.05, 4.69) is 20.9 Å². The van der Waals surface area contributed by atoms with Gasteiger partial charge in [-0.05, 0) is 62.3 Å². The van der Waals surface area contributed by atoms with Crippen molar-refractivity contribution < 1.29 is 34.5 Å². The zero-order valence-corrected chi connectivity index (χ0v) is 22.8. The minimum atomic E-state index is -1.49. The molecule has 0 fully saturated rings. The predicted octanol–water partition coefficient (Wildman–Crippen LogP) is -2.01. The number of aliphatic imine (C=N–C) groups is 1. The third kappa shape index (κ3) is 12.7. The van der Waals surface area contributed by atoms with Gasteiger partial charge in [-0.15, -0.1) is 0 Å². The molecule has 14 nitrogen and oxygen atoms in total. The molecule has 5 atom stereocenters. The Morgan fingerprint density at radius 2 is 1.59 bits per heavy atom. The summed E-state index contributed by atoms with van der Waals surface area (Å²) in [4.78, 5) is 54.0. The molecule has 39 heavy (non-hydrogen) atoms. The van der Waals surface area contributed by atoms with E-state index in [1.54, 1.807) is 12.1 Å². The quantitative estimate of drug-likeness (QED) is 0.0562. The first-order valence-electron chi connectivity index (χ1n) is 12.3. The molecule has 1 aromatic carbocycles. The van der Waals surface area contributed by atoms with Gasteiger partial charge in [0.1, 0.15) is 23.9 Å². The highest BCUT2D eigenvalue weighted by Gasteiger charge is 2.32. The minimum absolute atomic E-state index is 0.00363. The Hall–Kier alpha value is -3.56. The number of nitrogens with one attached hydrogen (secondary N) is 3. The summed E-state index contributed by atoms with van der Waals surface area (Å²) in [5, 5.41) is 36.4. The zero-order valence-electron chi connectivity index (χ0n) is 22.0. The molecule has 1 aromatic rings. The van der Waals surface area contributed by atoms with E-state index < -0.39 is 54.0 Å². The number of benzene rings is 1. The number of carbonyl (C=O) groups excluding carboxylic acids is 3. The number of aliphatic hydroxyl groups excluding tert-OH is 1. The Bertz CT molecular complexity index is 988. The second-order valence-electron chi connectivity index (χ2n) is 8.89. The maximum atomic E-state index is 13.1. The second kappa shape index (κ2) is 17.1. The second-order valence-corrected chi connectivity index (χ2v) is 9.88. The van der Waals surface area contributed by atoms with Gasteiger partial charge in [0, 0.05) is 6.54 Å². The van der Waals surface area contributed by atoms with Gasteiger partial charge in [-0.25, -0.2) is 4.79 Å². The molecule has 5 unspecified atom stereocenters. The molecule has 15 heteroatoms. The summed E-state index contributed by atoms with van der Waals surface area (Å²) in [5.41, 5.74) is 17.2. The molecule has 0 saturated carbocycles. The lowest BCUT2D eigenvalue weighted by Crippen LogP contribution is -2.60. The predicted molar refractivity (Wildman–Crippen MR) is 148 cm³/mol. The third-order valence-corrected chi connectivity index (χ3v) is 6.24. The largest absolute Gasteiger partial charge is 0.508 e. The highest BCUT2D eigenvalue weighted by Crippen LogP contribution is 2.11. The summed E-state index contributed by atoms with van der Waals surface area (Å²) < 4.78 is 0. The van der Waals surface area contributed by atoms with E-state index in [9.17, 15) is 34.5 Å². The van der Waals surface area contributed by atoms with Crippen LogP contribution < -0.4 is 33.2 Å². The van der Waals surface area contributed by atoms with Gasteiger partial charge >= 0.3 is 5.97 Å². The summed E-state index contributed by atoms with van der Waals surface area (Å²) in [7, 11) is 0. The van der Waals surface area contributed by atoms with Crippen molar-refractivity contribution in [3.8, 4) is 5.75 Å². The molecule has 0 aliphatic carbocycles. The van der Waals surface area contributed by atoms with Gasteiger partial charge in [0.25, 0.3) is 0 Å². The smallest absolute Gasteiger partial charge is 0.326 e. The van der Waals surface area contributed by atoms with Gasteiger partial charge in [0.05, 0.1) is 12.1 Å². The lowest BCUT2D eigenvalue weighted by atomic mass is 10.0. The van der Waals surface area contributed by atoms with Gasteiger partial charge < -0.3 is 48.5 Å². The van der Waals surface area contributed by atoms with Crippen LogP contribution in [-0.2, 0) is 25.6 Å². The van der Waals surface area contributed by atoms with Crippen LogP contribution in [-0.4, -0.2) is 93.8 Å². The number of amides is 3. The SMILES string of the molecule is CSCCC(NC(=O)C(N)Cc1ccc(O)cc1)C(=O)NC(C(=O)NC(CCCN=C(N)N)C(=O)O)C(C)O. The van der Waals surface area contributed by atoms with Crippen molar-refractivity contribution >= 4 is 41.4 Å². The third-order valence-electron chi connectivity index (χ3n) is 5.59. The number of nitrogens with two attached hydrogens (primary N) is 3. The van der Waals surface area contributed by atoms with Crippen LogP contribution in [0.25, 0.3) is 0 Å². The monoisotopic (exact) mass is 569 g/mol. The number of guanidine groups is 1. The molecule has 0 heterocycles. The first-order valence-corrected chi connectivity index (χ1v) is 13.6. The number of phenols is 1. The van der Waals surface area contributed by atoms with Crippen molar-refractivity contribution in [3.63, 3.8) is 0 Å². The number of nitrogens with zero attached hydrogens (tertiary/aromatic N) is 1. The van der Waals surface area contributed by atoms with E-state index in [-0.39, 0.29) is 43.9 Å². The van der Waals surface area contributed by atoms with Crippen molar-refractivity contribution in [2.45, 2.75) is 62.9 Å². The highest BCUT2D eigenvalue weighted by atomic mass is 32.2. The Morgan fingerprint density at radius 3 is 2.13 bits per heavy atom. The van der Waals surface area contributed by atoms with Crippen molar-refractivity contribution in [1.82, 2.24) is 16.0 Å². The molecule has 12 N–H and O–H groups in total. The average molecular weight is 570 g/mol. The summed E-state index contributed by atoms with van der Waals surface area (Å²) in [5.74, 6) is -3.14. The molecule has 218 valence electrons. The molecule has 0 bridgehead atoms. The van der Waals surface area contributed by atoms with Crippen LogP contribution in [0, 0.1) is 0 Å². The van der Waals surface area contributed by atoms with Crippen LogP contribution in [0.15, 0.2) is 29.3 Å². The first kappa shape index (κ1) is 33.5. The lowest BCUT2D eigenvalue weighted by molar-refractivity contribution is -0.143. The van der Waals surface area contributed by atoms with Gasteiger partial charge in [0.15, 0.2) is 5.96 Å². The molecule has 0 radical (unpaired) electrons. The van der Waals surface area contributed by atoms with Crippen LogP contribution in [0.3, 0.4) is 0 Å². The van der Waals surface area contributed by atoms with E-state index in [0.717, 1.165) is 0 Å². The Morgan fingerprint density at radius 1 is 0.974 bits per heavy atom. The number of thioether (sulfide) groups is 1. The summed E-state index contributed by atoms with van der Waals surface area (Å²) >= 11 is 1.44. The van der Waals surface area contributed by atoms with Crippen LogP contribution in [0.2, 0.25) is 0 Å². The molecule has 0 aliphatic rings. The average Bonchev–Trinajstić information content (AvgIpc) is 2.87. The zero-order chi connectivity index (χ0) is 29.5. The van der Waals surface area contributed by atoms with Crippen LogP contribution >= 0.6 is 11.8 Å². The van der Waals surface area contributed by atoms with Crippen molar-refractivity contribution in [2.24, 2.45) is 22.2 Å². The standard InChI is InChI=1S/C24H39N7O7S/c1-13(32)19(22(36)30-18(23(37)38)4-3-10-28-24(26)27)31-21(35)17(9-11-39-2)29-20(34)16(25)12-14-5-7-15(33)8-6-14/h5-8,13,16-19,32-33H,3-4,9-12,25H2,1-2H3,(H,29,34)(H,30,36)(H,31,35)(H,37,38)(H4,26,27,28). The van der Waals surface area contributed by atoms with Crippen LogP contribution in [0.4, 0.5) is 0 Å². The number of rotatable bonds is 17. The fourth-order valence-electron chi connectivity index (χ4n) is 3.44. The molecule has 0 spiro atoms. The Balaban J connectivity index is 2.88. The number of hydrogen-bond acceptors (Lipinski definition) is 9. The number of carbonyl (C=O) groups is 4. The molecule has 1 rings (SSSR count). The lowest BCUT2D eigenvalue weighted by Gasteiger charge is -2.26. The van der Waals surface area contributed by atoms with E-state index in [4.69, 9.17) is 17.2 Å². The number of aliphatic carboxylic acids is 1. The van der Waals surface area contributed by atoms with Gasteiger partial charge in [-0.2, -0.15) is 11.8 Å². The van der Waals surface area contributed by atoms with E-state index in [1.807, 2.05) is 6.26 Å². The Kier molecular flexibility index (Phi) is 14.7. The number of carboxylic acid groups (broad SMARTS) is 1. The first-order chi connectivity index (χ1) is 18.3. The number of hydrogen-bond donors (Lipinski definition) is 9. The molecule has 3 amide bonds. The molecule has 0 saturated heterocycles. The molecule has 0 aromatic heterocycles. The summed E-state index contributed by atoms with van der Waals surface area (Å²) in [6.45, 7) is 1.42. The topological polar surface area (TPSA) is 255 Å².